The molecule has 0 aliphatic rings. The zero-order chi connectivity index (χ0) is 18.1. The van der Waals surface area contributed by atoms with E-state index < -0.39 is 24.4 Å². The highest BCUT2D eigenvalue weighted by atomic mass is 32.2. The summed E-state index contributed by atoms with van der Waals surface area (Å²) in [6, 6.07) is 8.86. The fraction of sp³-hybridized carbons (Fsp3) is 0.118. The summed E-state index contributed by atoms with van der Waals surface area (Å²) in [7, 11) is 0. The van der Waals surface area contributed by atoms with Crippen molar-refractivity contribution in [2.24, 2.45) is 5.73 Å². The summed E-state index contributed by atoms with van der Waals surface area (Å²) in [5, 5.41) is 6.43. The molecule has 2 rings (SSSR count). The number of benzene rings is 1. The van der Waals surface area contributed by atoms with Gasteiger partial charge in [-0.25, -0.2) is 4.79 Å². The third-order valence-electron chi connectivity index (χ3n) is 2.83. The van der Waals surface area contributed by atoms with Gasteiger partial charge in [0.1, 0.15) is 0 Å². The van der Waals surface area contributed by atoms with Gasteiger partial charge in [0.2, 0.25) is 5.91 Å². The summed E-state index contributed by atoms with van der Waals surface area (Å²) in [5.74, 6) is -1.41. The summed E-state index contributed by atoms with van der Waals surface area (Å²) in [5.41, 5.74) is 6.55. The maximum absolute atomic E-state index is 11.9. The predicted molar refractivity (Wildman–Crippen MR) is 99.3 cm³/mol. The van der Waals surface area contributed by atoms with E-state index in [0.29, 0.717) is 10.6 Å². The molecule has 25 heavy (non-hydrogen) atoms. The molecule has 0 radical (unpaired) electrons. The van der Waals surface area contributed by atoms with Crippen LogP contribution in [0.15, 0.2) is 52.1 Å². The van der Waals surface area contributed by atoms with Crippen molar-refractivity contribution < 1.29 is 19.1 Å². The number of ether oxygens (including phenoxy) is 1. The zero-order valence-electron chi connectivity index (χ0n) is 13.1. The smallest absolute Gasteiger partial charge is 0.331 e. The van der Waals surface area contributed by atoms with Crippen molar-refractivity contribution in [2.45, 2.75) is 4.90 Å². The van der Waals surface area contributed by atoms with Crippen molar-refractivity contribution >= 4 is 52.6 Å². The average Bonchev–Trinajstić information content (AvgIpc) is 3.11. The molecule has 6 nitrogen and oxygen atoms in total. The Morgan fingerprint density at radius 2 is 2.04 bits per heavy atom. The highest BCUT2D eigenvalue weighted by Crippen LogP contribution is 2.26. The topological polar surface area (TPSA) is 98.5 Å². The first-order valence-corrected chi connectivity index (χ1v) is 9.14. The highest BCUT2D eigenvalue weighted by Gasteiger charge is 2.09. The number of esters is 1. The van der Waals surface area contributed by atoms with Crippen LogP contribution in [-0.2, 0) is 19.1 Å². The molecule has 0 fully saturated rings. The van der Waals surface area contributed by atoms with Crippen molar-refractivity contribution in [1.29, 1.82) is 0 Å². The first kappa shape index (κ1) is 18.8. The van der Waals surface area contributed by atoms with Gasteiger partial charge in [0.25, 0.3) is 5.91 Å². The second-order valence-corrected chi connectivity index (χ2v) is 6.59. The first-order chi connectivity index (χ1) is 12.0. The number of thioether (sulfide) groups is 1. The van der Waals surface area contributed by atoms with E-state index in [4.69, 9.17) is 10.5 Å². The Morgan fingerprint density at radius 1 is 1.24 bits per heavy atom. The minimum absolute atomic E-state index is 0.106. The van der Waals surface area contributed by atoms with Crippen LogP contribution in [0.5, 0.6) is 0 Å². The largest absolute Gasteiger partial charge is 0.452 e. The fourth-order valence-electron chi connectivity index (χ4n) is 1.75. The van der Waals surface area contributed by atoms with Crippen molar-refractivity contribution in [1.82, 2.24) is 0 Å². The second-order valence-electron chi connectivity index (χ2n) is 4.80. The maximum atomic E-state index is 11.9. The van der Waals surface area contributed by atoms with Crippen LogP contribution >= 0.6 is 23.1 Å². The third-order valence-corrected chi connectivity index (χ3v) is 4.63. The number of carbonyl (C=O) groups excluding carboxylic acids is 3. The van der Waals surface area contributed by atoms with Gasteiger partial charge in [-0.3, -0.25) is 9.59 Å². The molecule has 3 N–H and O–H groups in total. The lowest BCUT2D eigenvalue weighted by molar-refractivity contribution is -0.142. The molecule has 0 spiro atoms. The number of nitrogens with two attached hydrogens (primary N) is 1. The van der Waals surface area contributed by atoms with Gasteiger partial charge in [-0.15, -0.1) is 11.8 Å². The zero-order valence-corrected chi connectivity index (χ0v) is 14.8. The van der Waals surface area contributed by atoms with E-state index in [1.807, 2.05) is 16.8 Å². The monoisotopic (exact) mass is 376 g/mol. The van der Waals surface area contributed by atoms with E-state index in [-0.39, 0.29) is 5.75 Å². The van der Waals surface area contributed by atoms with Crippen molar-refractivity contribution in [3.8, 4) is 0 Å². The van der Waals surface area contributed by atoms with Crippen LogP contribution in [0.4, 0.5) is 5.69 Å². The number of thiophene rings is 1. The van der Waals surface area contributed by atoms with Gasteiger partial charge in [0, 0.05) is 11.0 Å². The number of para-hydroxylation sites is 1. The van der Waals surface area contributed by atoms with Crippen molar-refractivity contribution in [2.75, 3.05) is 17.7 Å². The molecule has 2 amide bonds. The lowest BCUT2D eigenvalue weighted by Gasteiger charge is -2.10. The molecule has 1 aromatic carbocycles. The maximum Gasteiger partial charge on any atom is 0.331 e. The second kappa shape index (κ2) is 9.65. The number of amides is 2. The number of rotatable bonds is 8. The molecule has 0 saturated heterocycles. The van der Waals surface area contributed by atoms with E-state index in [9.17, 15) is 14.4 Å². The normalized spacial score (nSPS) is 10.6. The minimum atomic E-state index is -0.599. The number of hydrogen-bond donors (Lipinski definition) is 2. The van der Waals surface area contributed by atoms with Crippen LogP contribution in [-0.4, -0.2) is 30.1 Å². The van der Waals surface area contributed by atoms with Gasteiger partial charge in [-0.05, 0) is 40.6 Å². The lowest BCUT2D eigenvalue weighted by Crippen LogP contribution is -2.20. The molecule has 0 bridgehead atoms. The number of anilines is 1. The lowest BCUT2D eigenvalue weighted by atomic mass is 10.3. The summed E-state index contributed by atoms with van der Waals surface area (Å²) < 4.78 is 4.90. The van der Waals surface area contributed by atoms with Crippen LogP contribution < -0.4 is 11.1 Å². The van der Waals surface area contributed by atoms with E-state index >= 15 is 0 Å². The molecule has 0 unspecified atom stereocenters. The van der Waals surface area contributed by atoms with Gasteiger partial charge in [0.05, 0.1) is 11.4 Å². The van der Waals surface area contributed by atoms with Gasteiger partial charge < -0.3 is 15.8 Å². The Bertz CT molecular complexity index is 773. The Labute approximate surface area is 153 Å². The Balaban J connectivity index is 1.84. The first-order valence-electron chi connectivity index (χ1n) is 7.21. The summed E-state index contributed by atoms with van der Waals surface area (Å²) in [6.45, 7) is -0.401. The number of carbonyl (C=O) groups is 3. The summed E-state index contributed by atoms with van der Waals surface area (Å²) >= 11 is 2.74. The molecule has 0 aliphatic carbocycles. The molecule has 1 aromatic heterocycles. The standard InChI is InChI=1S/C17H16N2O4S2/c18-15(20)11-25-14-4-2-1-3-13(14)19-16(21)9-23-17(22)6-5-12-7-8-24-10-12/h1-8,10H,9,11H2,(H2,18,20)(H,19,21)/b6-5+. The number of hydrogen-bond acceptors (Lipinski definition) is 6. The van der Waals surface area contributed by atoms with Crippen molar-refractivity contribution in [3.05, 3.63) is 52.7 Å². The highest BCUT2D eigenvalue weighted by molar-refractivity contribution is 8.00. The Kier molecular flexibility index (Phi) is 7.24. The van der Waals surface area contributed by atoms with Gasteiger partial charge in [-0.2, -0.15) is 11.3 Å². The Morgan fingerprint density at radius 3 is 2.76 bits per heavy atom. The third kappa shape index (κ3) is 6.82. The van der Waals surface area contributed by atoms with Gasteiger partial charge in [0.15, 0.2) is 6.61 Å². The molecular formula is C17H16N2O4S2. The molecule has 0 saturated carbocycles. The Hall–Kier alpha value is -2.58. The van der Waals surface area contributed by atoms with E-state index in [0.717, 1.165) is 5.56 Å². The summed E-state index contributed by atoms with van der Waals surface area (Å²) in [4.78, 5) is 35.1. The number of nitrogens with one attached hydrogen (secondary N) is 1. The van der Waals surface area contributed by atoms with E-state index in [1.54, 1.807) is 30.3 Å². The minimum Gasteiger partial charge on any atom is -0.452 e. The molecule has 2 aromatic rings. The van der Waals surface area contributed by atoms with Crippen molar-refractivity contribution in [3.63, 3.8) is 0 Å². The molecule has 130 valence electrons. The quantitative estimate of drug-likeness (QED) is 0.419. The molecular weight excluding hydrogens is 360 g/mol. The van der Waals surface area contributed by atoms with Gasteiger partial charge >= 0.3 is 5.97 Å². The van der Waals surface area contributed by atoms with Crippen LogP contribution in [0.1, 0.15) is 5.56 Å². The molecule has 0 aliphatic heterocycles. The fourth-order valence-corrected chi connectivity index (χ4v) is 3.13. The predicted octanol–water partition coefficient (Wildman–Crippen LogP) is 2.52. The molecule has 0 atom stereocenters. The number of primary amides is 1. The van der Waals surface area contributed by atoms with Crippen LogP contribution in [0, 0.1) is 0 Å². The molecule has 1 heterocycles. The average molecular weight is 376 g/mol. The van der Waals surface area contributed by atoms with Gasteiger partial charge in [-0.1, -0.05) is 12.1 Å². The van der Waals surface area contributed by atoms with Crippen LogP contribution in [0.2, 0.25) is 0 Å². The molecule has 8 heteroatoms. The van der Waals surface area contributed by atoms with Crippen LogP contribution in [0.25, 0.3) is 6.08 Å². The van der Waals surface area contributed by atoms with E-state index in [2.05, 4.69) is 5.32 Å². The summed E-state index contributed by atoms with van der Waals surface area (Å²) in [6.07, 6.45) is 2.89. The van der Waals surface area contributed by atoms with E-state index in [1.165, 1.54) is 29.2 Å². The SMILES string of the molecule is NC(=O)CSc1ccccc1NC(=O)COC(=O)/C=C/c1ccsc1. The van der Waals surface area contributed by atoms with Crippen LogP contribution in [0.3, 0.4) is 0 Å².